The van der Waals surface area contributed by atoms with Gasteiger partial charge in [-0.1, -0.05) is 12.1 Å². The Labute approximate surface area is 157 Å². The SMILES string of the molecule is COCCN(C)C(=O)c1cc(-c2cnc(-c3cccc(F)c3)nc2)cn1C. The van der Waals surface area contributed by atoms with E-state index >= 15 is 0 Å². The molecule has 0 atom stereocenters. The van der Waals surface area contributed by atoms with E-state index in [-0.39, 0.29) is 11.7 Å². The van der Waals surface area contributed by atoms with Crippen LogP contribution in [0.2, 0.25) is 0 Å². The average molecular weight is 368 g/mol. The van der Waals surface area contributed by atoms with Gasteiger partial charge >= 0.3 is 0 Å². The largest absolute Gasteiger partial charge is 0.383 e. The van der Waals surface area contributed by atoms with Crippen molar-refractivity contribution < 1.29 is 13.9 Å². The number of carbonyl (C=O) groups is 1. The van der Waals surface area contributed by atoms with E-state index in [0.29, 0.717) is 30.2 Å². The summed E-state index contributed by atoms with van der Waals surface area (Å²) in [5.74, 6) is 0.0341. The fourth-order valence-electron chi connectivity index (χ4n) is 2.71. The van der Waals surface area contributed by atoms with Crippen LogP contribution in [0, 0.1) is 5.82 Å². The van der Waals surface area contributed by atoms with E-state index in [4.69, 9.17) is 4.74 Å². The van der Waals surface area contributed by atoms with Crippen LogP contribution in [0.15, 0.2) is 48.9 Å². The maximum Gasteiger partial charge on any atom is 0.270 e. The molecule has 3 rings (SSSR count). The second-order valence-electron chi connectivity index (χ2n) is 6.25. The number of aromatic nitrogens is 3. The second kappa shape index (κ2) is 8.09. The molecule has 0 aliphatic rings. The summed E-state index contributed by atoms with van der Waals surface area (Å²) in [5.41, 5.74) is 2.80. The highest BCUT2D eigenvalue weighted by atomic mass is 19.1. The number of nitrogens with zero attached hydrogens (tertiary/aromatic N) is 4. The highest BCUT2D eigenvalue weighted by molar-refractivity contribution is 5.94. The number of likely N-dealkylation sites (N-methyl/N-ethyl adjacent to an activating group) is 1. The lowest BCUT2D eigenvalue weighted by Gasteiger charge is -2.16. The van der Waals surface area contributed by atoms with Gasteiger partial charge in [0.15, 0.2) is 5.82 Å². The number of hydrogen-bond donors (Lipinski definition) is 0. The molecule has 0 saturated carbocycles. The standard InChI is InChI=1S/C20H21FN4O2/c1-24(7-8-27-3)20(26)18-10-15(13-25(18)2)16-11-22-19(23-12-16)14-5-4-6-17(21)9-14/h4-6,9-13H,7-8H2,1-3H3. The van der Waals surface area contributed by atoms with Crippen LogP contribution in [-0.2, 0) is 11.8 Å². The Morgan fingerprint density at radius 1 is 1.19 bits per heavy atom. The summed E-state index contributed by atoms with van der Waals surface area (Å²) >= 11 is 0. The number of aryl methyl sites for hydroxylation is 1. The number of hydrogen-bond acceptors (Lipinski definition) is 4. The van der Waals surface area contributed by atoms with E-state index in [1.54, 1.807) is 48.2 Å². The second-order valence-corrected chi connectivity index (χ2v) is 6.25. The van der Waals surface area contributed by atoms with Gasteiger partial charge in [-0.25, -0.2) is 14.4 Å². The van der Waals surface area contributed by atoms with Gasteiger partial charge in [0.2, 0.25) is 0 Å². The first-order valence-electron chi connectivity index (χ1n) is 8.48. The number of benzene rings is 1. The molecule has 0 radical (unpaired) electrons. The Kier molecular flexibility index (Phi) is 5.61. The number of methoxy groups -OCH3 is 1. The molecule has 7 heteroatoms. The van der Waals surface area contributed by atoms with E-state index in [0.717, 1.165) is 11.1 Å². The predicted molar refractivity (Wildman–Crippen MR) is 101 cm³/mol. The molecule has 0 N–H and O–H groups in total. The maximum atomic E-state index is 13.4. The van der Waals surface area contributed by atoms with E-state index in [9.17, 15) is 9.18 Å². The molecule has 0 spiro atoms. The summed E-state index contributed by atoms with van der Waals surface area (Å²) < 4.78 is 20.2. The Morgan fingerprint density at radius 3 is 2.59 bits per heavy atom. The van der Waals surface area contributed by atoms with Crippen molar-refractivity contribution in [3.63, 3.8) is 0 Å². The van der Waals surface area contributed by atoms with Crippen LogP contribution in [0.4, 0.5) is 4.39 Å². The number of halogens is 1. The lowest BCUT2D eigenvalue weighted by molar-refractivity contribution is 0.0735. The van der Waals surface area contributed by atoms with Gasteiger partial charge in [0.05, 0.1) is 6.61 Å². The van der Waals surface area contributed by atoms with Gasteiger partial charge in [-0.3, -0.25) is 4.79 Å². The molecule has 0 saturated heterocycles. The van der Waals surface area contributed by atoms with Crippen molar-refractivity contribution in [1.29, 1.82) is 0 Å². The highest BCUT2D eigenvalue weighted by Gasteiger charge is 2.17. The Balaban J connectivity index is 1.82. The van der Waals surface area contributed by atoms with Crippen LogP contribution in [0.5, 0.6) is 0 Å². The lowest BCUT2D eigenvalue weighted by Crippen LogP contribution is -2.31. The van der Waals surface area contributed by atoms with Gasteiger partial charge in [0.25, 0.3) is 5.91 Å². The van der Waals surface area contributed by atoms with Gasteiger partial charge in [-0.05, 0) is 18.2 Å². The monoisotopic (exact) mass is 368 g/mol. The molecule has 0 unspecified atom stereocenters. The van der Waals surface area contributed by atoms with Crippen molar-refractivity contribution in [2.24, 2.45) is 7.05 Å². The van der Waals surface area contributed by atoms with Crippen LogP contribution in [0.1, 0.15) is 10.5 Å². The summed E-state index contributed by atoms with van der Waals surface area (Å²) in [5, 5.41) is 0. The van der Waals surface area contributed by atoms with E-state index in [1.165, 1.54) is 12.1 Å². The molecule has 3 aromatic rings. The molecule has 0 fully saturated rings. The summed E-state index contributed by atoms with van der Waals surface area (Å²) in [7, 11) is 5.17. The summed E-state index contributed by atoms with van der Waals surface area (Å²) in [6.45, 7) is 0.996. The Bertz CT molecular complexity index is 937. The Morgan fingerprint density at radius 2 is 1.93 bits per heavy atom. The number of rotatable bonds is 6. The minimum absolute atomic E-state index is 0.0851. The third kappa shape index (κ3) is 4.20. The molecule has 0 aliphatic heterocycles. The zero-order valence-corrected chi connectivity index (χ0v) is 15.5. The van der Waals surface area contributed by atoms with Crippen molar-refractivity contribution in [3.05, 3.63) is 60.4 Å². The van der Waals surface area contributed by atoms with Crippen molar-refractivity contribution in [2.75, 3.05) is 27.3 Å². The first-order chi connectivity index (χ1) is 13.0. The van der Waals surface area contributed by atoms with Crippen molar-refractivity contribution in [2.45, 2.75) is 0 Å². The fraction of sp³-hybridized carbons (Fsp3) is 0.250. The van der Waals surface area contributed by atoms with Crippen LogP contribution in [0.25, 0.3) is 22.5 Å². The molecular weight excluding hydrogens is 347 g/mol. The lowest BCUT2D eigenvalue weighted by atomic mass is 10.1. The predicted octanol–water partition coefficient (Wildman–Crippen LogP) is 3.01. The zero-order valence-electron chi connectivity index (χ0n) is 15.5. The van der Waals surface area contributed by atoms with Crippen LogP contribution in [0.3, 0.4) is 0 Å². The zero-order chi connectivity index (χ0) is 19.4. The molecular formula is C20H21FN4O2. The minimum atomic E-state index is -0.330. The maximum absolute atomic E-state index is 13.4. The molecule has 0 aliphatic carbocycles. The molecule has 1 amide bonds. The van der Waals surface area contributed by atoms with Crippen LogP contribution in [-0.4, -0.2) is 52.7 Å². The molecule has 0 bridgehead atoms. The topological polar surface area (TPSA) is 60.2 Å². The summed E-state index contributed by atoms with van der Waals surface area (Å²) in [6, 6.07) is 7.96. The quantitative estimate of drug-likeness (QED) is 0.671. The van der Waals surface area contributed by atoms with Gasteiger partial charge < -0.3 is 14.2 Å². The van der Waals surface area contributed by atoms with E-state index < -0.39 is 0 Å². The third-order valence-corrected chi connectivity index (χ3v) is 4.27. The van der Waals surface area contributed by atoms with Gasteiger partial charge in [0.1, 0.15) is 11.5 Å². The normalized spacial score (nSPS) is 10.8. The molecule has 1 aromatic carbocycles. The fourth-order valence-corrected chi connectivity index (χ4v) is 2.71. The molecule has 6 nitrogen and oxygen atoms in total. The Hall–Kier alpha value is -3.06. The van der Waals surface area contributed by atoms with E-state index in [1.807, 2.05) is 19.3 Å². The first-order valence-corrected chi connectivity index (χ1v) is 8.48. The smallest absolute Gasteiger partial charge is 0.270 e. The summed E-state index contributed by atoms with van der Waals surface area (Å²) in [4.78, 5) is 22.8. The average Bonchev–Trinajstić information content (AvgIpc) is 3.07. The van der Waals surface area contributed by atoms with Gasteiger partial charge in [-0.2, -0.15) is 0 Å². The first kappa shape index (κ1) is 18.7. The van der Waals surface area contributed by atoms with Crippen molar-refractivity contribution >= 4 is 5.91 Å². The number of amides is 1. The highest BCUT2D eigenvalue weighted by Crippen LogP contribution is 2.23. The molecule has 27 heavy (non-hydrogen) atoms. The van der Waals surface area contributed by atoms with Crippen LogP contribution >= 0.6 is 0 Å². The van der Waals surface area contributed by atoms with Crippen LogP contribution < -0.4 is 0 Å². The minimum Gasteiger partial charge on any atom is -0.383 e. The molecule has 140 valence electrons. The molecule has 2 aromatic heterocycles. The third-order valence-electron chi connectivity index (χ3n) is 4.27. The molecule has 2 heterocycles. The van der Waals surface area contributed by atoms with Crippen molar-refractivity contribution in [1.82, 2.24) is 19.4 Å². The number of ether oxygens (including phenoxy) is 1. The number of carbonyl (C=O) groups excluding carboxylic acids is 1. The van der Waals surface area contributed by atoms with Gasteiger partial charge in [-0.15, -0.1) is 0 Å². The van der Waals surface area contributed by atoms with Gasteiger partial charge in [0, 0.05) is 63.0 Å². The summed E-state index contributed by atoms with van der Waals surface area (Å²) in [6.07, 6.45) is 5.20. The van der Waals surface area contributed by atoms with E-state index in [2.05, 4.69) is 9.97 Å². The van der Waals surface area contributed by atoms with Crippen molar-refractivity contribution in [3.8, 4) is 22.5 Å².